The minimum atomic E-state index is -1.27. The topological polar surface area (TPSA) is 124 Å². The van der Waals surface area contributed by atoms with Crippen molar-refractivity contribution in [3.05, 3.63) is 111 Å². The molecular formula is C31H24Br2N2O7. The second-order valence-electron chi connectivity index (χ2n) is 11.0. The van der Waals surface area contributed by atoms with Crippen molar-refractivity contribution in [3.63, 3.8) is 0 Å². The number of hydrogen-bond donors (Lipinski definition) is 0. The van der Waals surface area contributed by atoms with Crippen molar-refractivity contribution in [1.82, 2.24) is 4.90 Å². The highest BCUT2D eigenvalue weighted by atomic mass is 79.9. The molecule has 3 atom stereocenters. The molecule has 0 saturated carbocycles. The molecule has 0 spiro atoms. The van der Waals surface area contributed by atoms with Gasteiger partial charge in [0, 0.05) is 17.7 Å². The van der Waals surface area contributed by atoms with Crippen LogP contribution in [0.15, 0.2) is 72.8 Å². The molecule has 3 aromatic rings. The molecule has 0 aromatic heterocycles. The van der Waals surface area contributed by atoms with Gasteiger partial charge in [-0.05, 0) is 40.3 Å². The van der Waals surface area contributed by atoms with Gasteiger partial charge >= 0.3 is 5.97 Å². The monoisotopic (exact) mass is 694 g/mol. The van der Waals surface area contributed by atoms with E-state index in [1.807, 2.05) is 48.5 Å². The fraction of sp³-hybridized carbons (Fsp3) is 0.290. The van der Waals surface area contributed by atoms with Gasteiger partial charge in [0.15, 0.2) is 12.4 Å². The molecule has 3 aromatic carbocycles. The Labute approximate surface area is 257 Å². The summed E-state index contributed by atoms with van der Waals surface area (Å²) in [5.74, 6) is -4.64. The summed E-state index contributed by atoms with van der Waals surface area (Å²) in [7, 11) is 0. The third-order valence-electron chi connectivity index (χ3n) is 8.52. The Morgan fingerprint density at radius 1 is 0.857 bits per heavy atom. The quantitative estimate of drug-likeness (QED) is 0.0826. The largest absolute Gasteiger partial charge is 0.456 e. The molecular weight excluding hydrogens is 672 g/mol. The van der Waals surface area contributed by atoms with E-state index in [9.17, 15) is 29.3 Å². The molecule has 0 radical (unpaired) electrons. The second kappa shape index (κ2) is 9.95. The van der Waals surface area contributed by atoms with E-state index in [0.29, 0.717) is 0 Å². The Morgan fingerprint density at radius 2 is 1.29 bits per heavy atom. The Bertz CT molecular complexity index is 1560. The van der Waals surface area contributed by atoms with Gasteiger partial charge in [-0.25, -0.2) is 4.79 Å². The number of nitro benzene ring substituents is 1. The van der Waals surface area contributed by atoms with Crippen LogP contribution in [0.3, 0.4) is 0 Å². The number of rotatable bonds is 7. The van der Waals surface area contributed by atoms with Gasteiger partial charge in [-0.1, -0.05) is 94.2 Å². The lowest BCUT2D eigenvalue weighted by atomic mass is 9.54. The number of Topliss-reactive ketones (excluding diaryl/α,β-unsaturated/α-hetero) is 1. The zero-order chi connectivity index (χ0) is 30.1. The van der Waals surface area contributed by atoms with E-state index in [1.165, 1.54) is 24.3 Å². The Kier molecular flexibility index (Phi) is 6.73. The van der Waals surface area contributed by atoms with E-state index in [-0.39, 0.29) is 11.3 Å². The van der Waals surface area contributed by atoms with Crippen LogP contribution in [0.25, 0.3) is 0 Å². The lowest BCUT2D eigenvalue weighted by Gasteiger charge is -2.55. The van der Waals surface area contributed by atoms with Gasteiger partial charge in [0.1, 0.15) is 6.04 Å². The summed E-state index contributed by atoms with van der Waals surface area (Å²) in [6, 6.07) is 19.0. The van der Waals surface area contributed by atoms with E-state index < -0.39 is 67.5 Å². The maximum atomic E-state index is 14.3. The van der Waals surface area contributed by atoms with E-state index in [2.05, 4.69) is 31.9 Å². The predicted molar refractivity (Wildman–Crippen MR) is 158 cm³/mol. The zero-order valence-electron chi connectivity index (χ0n) is 22.5. The number of hydrogen-bond acceptors (Lipinski definition) is 7. The fourth-order valence-corrected chi connectivity index (χ4v) is 9.02. The number of benzene rings is 3. The summed E-state index contributed by atoms with van der Waals surface area (Å²) in [5.41, 5.74) is 3.46. The Hall–Kier alpha value is -3.70. The third-order valence-corrected chi connectivity index (χ3v) is 11.2. The molecule has 7 rings (SSSR count). The number of non-ortho nitro benzene ring substituents is 1. The number of amides is 2. The van der Waals surface area contributed by atoms with Crippen LogP contribution < -0.4 is 0 Å². The lowest BCUT2D eigenvalue weighted by molar-refractivity contribution is -0.384. The van der Waals surface area contributed by atoms with Crippen LogP contribution >= 0.6 is 31.9 Å². The number of nitrogens with zero attached hydrogens (tertiary/aromatic N) is 2. The van der Waals surface area contributed by atoms with Crippen LogP contribution in [-0.4, -0.2) is 46.0 Å². The fourth-order valence-electron chi connectivity index (χ4n) is 6.71. The van der Waals surface area contributed by atoms with Gasteiger partial charge in [-0.3, -0.25) is 29.4 Å². The standard InChI is InChI=1S/C31H24Br2N2O7/c1-16(2)26(29(39)42-15-23(36)17-11-13-18(14-12-17)35(40)41)34-27(37)24-25(28(34)38)31(33)20-8-4-3-7-19(20)30(24,32)21-9-5-6-10-22(21)31/h3-14,16,24-26H,15H2,1-2H3/t24-,25-,26+,30?,31?/m0/s1. The first-order valence-corrected chi connectivity index (χ1v) is 14.9. The average Bonchev–Trinajstić information content (AvgIpc) is 3.25. The number of esters is 1. The van der Waals surface area contributed by atoms with Crippen molar-refractivity contribution >= 4 is 61.1 Å². The van der Waals surface area contributed by atoms with Gasteiger partial charge in [0.25, 0.3) is 5.69 Å². The lowest BCUT2D eigenvalue weighted by Crippen LogP contribution is -2.56. The summed E-state index contributed by atoms with van der Waals surface area (Å²) < 4.78 is 3.37. The van der Waals surface area contributed by atoms with Crippen LogP contribution in [0.4, 0.5) is 5.69 Å². The van der Waals surface area contributed by atoms with E-state index in [0.717, 1.165) is 27.2 Å². The van der Waals surface area contributed by atoms with Crippen molar-refractivity contribution in [2.45, 2.75) is 28.5 Å². The first kappa shape index (κ1) is 28.4. The van der Waals surface area contributed by atoms with Crippen molar-refractivity contribution in [3.8, 4) is 0 Å². The SMILES string of the molecule is CC(C)[C@H](C(=O)OCC(=O)c1ccc([N+](=O)[O-])cc1)N1C(=O)[C@@H]2[C@@H](C1=O)C1(Br)c3ccccc3C2(Br)c2ccccc21. The maximum Gasteiger partial charge on any atom is 0.330 e. The van der Waals surface area contributed by atoms with Crippen molar-refractivity contribution in [2.24, 2.45) is 17.8 Å². The van der Waals surface area contributed by atoms with Crippen LogP contribution in [0.1, 0.15) is 46.5 Å². The molecule has 2 amide bonds. The van der Waals surface area contributed by atoms with Crippen LogP contribution in [-0.2, 0) is 27.8 Å². The third kappa shape index (κ3) is 3.79. The number of ketones is 1. The van der Waals surface area contributed by atoms with Crippen molar-refractivity contribution in [1.29, 1.82) is 0 Å². The minimum absolute atomic E-state index is 0.128. The van der Waals surface area contributed by atoms with Crippen LogP contribution in [0.2, 0.25) is 0 Å². The first-order chi connectivity index (χ1) is 19.9. The summed E-state index contributed by atoms with van der Waals surface area (Å²) in [5, 5.41) is 10.9. The van der Waals surface area contributed by atoms with Crippen molar-refractivity contribution in [2.75, 3.05) is 6.61 Å². The van der Waals surface area contributed by atoms with Gasteiger partial charge in [-0.15, -0.1) is 0 Å². The van der Waals surface area contributed by atoms with Gasteiger partial charge < -0.3 is 4.74 Å². The highest BCUT2D eigenvalue weighted by Crippen LogP contribution is 2.70. The summed E-state index contributed by atoms with van der Waals surface area (Å²) in [6.45, 7) is 2.77. The molecule has 1 fully saturated rings. The van der Waals surface area contributed by atoms with Gasteiger partial charge in [0.2, 0.25) is 11.8 Å². The summed E-state index contributed by atoms with van der Waals surface area (Å²) in [6.07, 6.45) is 0. The highest BCUT2D eigenvalue weighted by molar-refractivity contribution is 9.10. The number of carbonyl (C=O) groups excluding carboxylic acids is 4. The molecule has 11 heteroatoms. The van der Waals surface area contributed by atoms with Crippen LogP contribution in [0, 0.1) is 27.9 Å². The minimum Gasteiger partial charge on any atom is -0.456 e. The normalized spacial score (nSPS) is 26.0. The molecule has 9 nitrogen and oxygen atoms in total. The molecule has 1 heterocycles. The first-order valence-electron chi connectivity index (χ1n) is 13.3. The molecule has 0 unspecified atom stereocenters. The van der Waals surface area contributed by atoms with Gasteiger partial charge in [0.05, 0.1) is 25.4 Å². The Balaban J connectivity index is 1.33. The molecule has 1 saturated heterocycles. The number of halogens is 2. The van der Waals surface area contributed by atoms with Crippen molar-refractivity contribution < 1.29 is 28.8 Å². The number of likely N-dealkylation sites (tertiary alicyclic amines) is 1. The summed E-state index contributed by atoms with van der Waals surface area (Å²) >= 11 is 7.89. The molecule has 4 aliphatic rings. The second-order valence-corrected chi connectivity index (χ2v) is 13.5. The molecule has 1 aliphatic heterocycles. The molecule has 3 aliphatic carbocycles. The zero-order valence-corrected chi connectivity index (χ0v) is 25.6. The maximum absolute atomic E-state index is 14.3. The number of ether oxygens (including phenoxy) is 1. The van der Waals surface area contributed by atoms with E-state index in [4.69, 9.17) is 4.74 Å². The molecule has 2 bridgehead atoms. The smallest absolute Gasteiger partial charge is 0.330 e. The van der Waals surface area contributed by atoms with Crippen LogP contribution in [0.5, 0.6) is 0 Å². The highest BCUT2D eigenvalue weighted by Gasteiger charge is 2.73. The number of nitro groups is 1. The predicted octanol–water partition coefficient (Wildman–Crippen LogP) is 5.25. The molecule has 0 N–H and O–H groups in total. The van der Waals surface area contributed by atoms with E-state index >= 15 is 0 Å². The summed E-state index contributed by atoms with van der Waals surface area (Å²) in [4.78, 5) is 66.2. The molecule has 42 heavy (non-hydrogen) atoms. The molecule has 214 valence electrons. The van der Waals surface area contributed by atoms with E-state index in [1.54, 1.807) is 13.8 Å². The van der Waals surface area contributed by atoms with Gasteiger partial charge in [-0.2, -0.15) is 0 Å². The number of carbonyl (C=O) groups is 4. The number of imide groups is 1. The Morgan fingerprint density at radius 3 is 1.67 bits per heavy atom. The average molecular weight is 696 g/mol. The number of alkyl halides is 2.